The average molecular weight is 305 g/mol. The van der Waals surface area contributed by atoms with Crippen molar-refractivity contribution < 1.29 is 0 Å². The molecule has 1 aromatic heterocycles. The number of fused-ring (bicyclic) bond motifs is 1. The van der Waals surface area contributed by atoms with Crippen molar-refractivity contribution in [2.75, 3.05) is 16.8 Å². The maximum atomic E-state index is 12.0. The Morgan fingerprint density at radius 1 is 1.24 bits per heavy atom. The number of hydrogen-bond donors (Lipinski definition) is 3. The van der Waals surface area contributed by atoms with Gasteiger partial charge in [0.05, 0.1) is 10.8 Å². The summed E-state index contributed by atoms with van der Waals surface area (Å²) < 4.78 is 0. The quantitative estimate of drug-likeness (QED) is 0.794. The number of aromatic amines is 2. The second-order valence-corrected chi connectivity index (χ2v) is 7.39. The number of H-pyrrole nitrogens is 2. The minimum Gasteiger partial charge on any atom is -0.381 e. The fraction of sp³-hybridized carbons (Fsp3) is 0.467. The van der Waals surface area contributed by atoms with Crippen LogP contribution in [0.25, 0.3) is 10.8 Å². The van der Waals surface area contributed by atoms with E-state index in [0.717, 1.165) is 23.6 Å². The van der Waals surface area contributed by atoms with Gasteiger partial charge < -0.3 is 5.32 Å². The van der Waals surface area contributed by atoms with Crippen molar-refractivity contribution in [1.82, 2.24) is 10.2 Å². The van der Waals surface area contributed by atoms with Crippen LogP contribution in [-0.4, -0.2) is 27.7 Å². The Morgan fingerprint density at radius 3 is 2.76 bits per heavy atom. The van der Waals surface area contributed by atoms with Crippen molar-refractivity contribution in [2.24, 2.45) is 5.41 Å². The number of hydrogen-bond acceptors (Lipinski definition) is 4. The molecule has 0 bridgehead atoms. The van der Waals surface area contributed by atoms with Gasteiger partial charge in [0.1, 0.15) is 0 Å². The number of nitrogens with one attached hydrogen (secondary N) is 3. The van der Waals surface area contributed by atoms with Crippen molar-refractivity contribution in [1.29, 1.82) is 0 Å². The molecular formula is C15H19N3O2S. The molecule has 3 N–H and O–H groups in total. The second-order valence-electron chi connectivity index (χ2n) is 6.36. The molecule has 1 atom stereocenters. The van der Waals surface area contributed by atoms with Crippen LogP contribution in [-0.2, 0) is 0 Å². The molecule has 5 nitrogen and oxygen atoms in total. The summed E-state index contributed by atoms with van der Waals surface area (Å²) in [7, 11) is 0. The Kier molecular flexibility index (Phi) is 3.57. The van der Waals surface area contributed by atoms with Crippen LogP contribution in [0, 0.1) is 5.41 Å². The van der Waals surface area contributed by atoms with E-state index in [1.807, 2.05) is 17.8 Å². The van der Waals surface area contributed by atoms with E-state index in [4.69, 9.17) is 0 Å². The molecule has 3 rings (SSSR count). The van der Waals surface area contributed by atoms with Gasteiger partial charge in [0.25, 0.3) is 11.1 Å². The lowest BCUT2D eigenvalue weighted by atomic mass is 9.87. The zero-order chi connectivity index (χ0) is 15.0. The van der Waals surface area contributed by atoms with E-state index in [0.29, 0.717) is 16.8 Å². The fourth-order valence-electron chi connectivity index (χ4n) is 2.92. The zero-order valence-corrected chi connectivity index (χ0v) is 13.0. The van der Waals surface area contributed by atoms with Crippen LogP contribution in [0.15, 0.2) is 27.8 Å². The Balaban J connectivity index is 2.00. The summed E-state index contributed by atoms with van der Waals surface area (Å²) in [5.41, 5.74) is 0.486. The van der Waals surface area contributed by atoms with Crippen LogP contribution < -0.4 is 16.4 Å². The summed E-state index contributed by atoms with van der Waals surface area (Å²) >= 11 is 1.93. The average Bonchev–Trinajstić information content (AvgIpc) is 2.42. The van der Waals surface area contributed by atoms with E-state index in [9.17, 15) is 9.59 Å². The van der Waals surface area contributed by atoms with Gasteiger partial charge in [0.15, 0.2) is 0 Å². The lowest BCUT2D eigenvalue weighted by Gasteiger charge is -2.35. The Labute approximate surface area is 126 Å². The first-order chi connectivity index (χ1) is 9.96. The second kappa shape index (κ2) is 5.26. The number of anilines is 1. The highest BCUT2D eigenvalue weighted by Gasteiger charge is 2.28. The van der Waals surface area contributed by atoms with Crippen molar-refractivity contribution >= 4 is 28.2 Å². The van der Waals surface area contributed by atoms with Crippen molar-refractivity contribution in [3.05, 3.63) is 38.9 Å². The Bertz CT molecular complexity index is 778. The molecule has 2 aromatic rings. The third-order valence-electron chi connectivity index (χ3n) is 3.80. The van der Waals surface area contributed by atoms with Gasteiger partial charge in [-0.2, -0.15) is 11.8 Å². The highest BCUT2D eigenvalue weighted by atomic mass is 32.2. The summed E-state index contributed by atoms with van der Waals surface area (Å²) in [5.74, 6) is 2.17. The van der Waals surface area contributed by atoms with Crippen LogP contribution in [0.1, 0.15) is 20.3 Å². The van der Waals surface area contributed by atoms with Gasteiger partial charge in [-0.15, -0.1) is 0 Å². The van der Waals surface area contributed by atoms with Crippen molar-refractivity contribution in [3.63, 3.8) is 0 Å². The molecule has 1 saturated heterocycles. The molecule has 6 heteroatoms. The van der Waals surface area contributed by atoms with E-state index in [1.165, 1.54) is 0 Å². The normalized spacial score (nSPS) is 21.3. The molecule has 1 unspecified atom stereocenters. The molecule has 1 aromatic carbocycles. The highest BCUT2D eigenvalue weighted by molar-refractivity contribution is 7.99. The molecular weight excluding hydrogens is 286 g/mol. The number of thioether (sulfide) groups is 1. The molecule has 112 valence electrons. The van der Waals surface area contributed by atoms with Gasteiger partial charge in [0, 0.05) is 17.5 Å². The molecule has 0 radical (unpaired) electrons. The van der Waals surface area contributed by atoms with Crippen molar-refractivity contribution in [3.8, 4) is 0 Å². The molecule has 1 fully saturated rings. The topological polar surface area (TPSA) is 77.8 Å². The first-order valence-corrected chi connectivity index (χ1v) is 8.20. The van der Waals surface area contributed by atoms with Crippen LogP contribution in [0.2, 0.25) is 0 Å². The molecule has 0 spiro atoms. The molecule has 2 heterocycles. The van der Waals surface area contributed by atoms with Crippen LogP contribution in [0.5, 0.6) is 0 Å². The Morgan fingerprint density at radius 2 is 2.00 bits per heavy atom. The molecule has 21 heavy (non-hydrogen) atoms. The predicted molar refractivity (Wildman–Crippen MR) is 88.3 cm³/mol. The van der Waals surface area contributed by atoms with Crippen LogP contribution in [0.4, 0.5) is 5.69 Å². The van der Waals surface area contributed by atoms with Gasteiger partial charge in [-0.3, -0.25) is 19.8 Å². The van der Waals surface area contributed by atoms with Gasteiger partial charge in [-0.05, 0) is 29.7 Å². The summed E-state index contributed by atoms with van der Waals surface area (Å²) in [6.07, 6.45) is 1.05. The lowest BCUT2D eigenvalue weighted by Crippen LogP contribution is -2.35. The van der Waals surface area contributed by atoms with Gasteiger partial charge >= 0.3 is 0 Å². The molecule has 0 saturated carbocycles. The summed E-state index contributed by atoms with van der Waals surface area (Å²) in [6.45, 7) is 4.52. The van der Waals surface area contributed by atoms with Gasteiger partial charge in [0.2, 0.25) is 0 Å². The number of benzene rings is 1. The fourth-order valence-corrected chi connectivity index (χ4v) is 4.20. The smallest absolute Gasteiger partial charge is 0.272 e. The molecule has 0 amide bonds. The van der Waals surface area contributed by atoms with E-state index >= 15 is 0 Å². The van der Waals surface area contributed by atoms with Crippen molar-refractivity contribution in [2.45, 2.75) is 26.3 Å². The number of aromatic nitrogens is 2. The SMILES string of the molecule is CC1(C)CSCC(Nc2cccc3c(=O)[nH][nH]c(=O)c23)C1. The predicted octanol–water partition coefficient (Wildman–Crippen LogP) is 2.16. The maximum Gasteiger partial charge on any atom is 0.272 e. The third-order valence-corrected chi connectivity index (χ3v) is 5.42. The monoisotopic (exact) mass is 305 g/mol. The van der Waals surface area contributed by atoms with Gasteiger partial charge in [-0.1, -0.05) is 19.9 Å². The number of rotatable bonds is 2. The summed E-state index contributed by atoms with van der Waals surface area (Å²) in [6, 6.07) is 5.65. The standard InChI is InChI=1S/C15H19N3O2S/c1-15(2)6-9(7-21-8-15)16-11-5-3-4-10-12(11)14(20)18-17-13(10)19/h3-5,9,16H,6-8H2,1-2H3,(H,17,19)(H,18,20). The van der Waals surface area contributed by atoms with Crippen LogP contribution in [0.3, 0.4) is 0 Å². The van der Waals surface area contributed by atoms with E-state index in [2.05, 4.69) is 29.4 Å². The molecule has 0 aliphatic carbocycles. The third kappa shape index (κ3) is 2.85. The highest BCUT2D eigenvalue weighted by Crippen LogP contribution is 2.35. The minimum atomic E-state index is -0.272. The largest absolute Gasteiger partial charge is 0.381 e. The minimum absolute atomic E-state index is 0.268. The summed E-state index contributed by atoms with van der Waals surface area (Å²) in [5, 5.41) is 9.08. The van der Waals surface area contributed by atoms with E-state index in [-0.39, 0.29) is 16.5 Å². The zero-order valence-electron chi connectivity index (χ0n) is 12.2. The van der Waals surface area contributed by atoms with Gasteiger partial charge in [-0.25, -0.2) is 0 Å². The Hall–Kier alpha value is -1.69. The maximum absolute atomic E-state index is 12.0. The van der Waals surface area contributed by atoms with Crippen LogP contribution >= 0.6 is 11.8 Å². The van der Waals surface area contributed by atoms with E-state index < -0.39 is 0 Å². The first-order valence-electron chi connectivity index (χ1n) is 7.04. The summed E-state index contributed by atoms with van der Waals surface area (Å²) in [4.78, 5) is 23.9. The molecule has 1 aliphatic heterocycles. The molecule has 1 aliphatic rings. The first kappa shape index (κ1) is 14.3. The lowest BCUT2D eigenvalue weighted by molar-refractivity contribution is 0.358. The van der Waals surface area contributed by atoms with E-state index in [1.54, 1.807) is 12.1 Å².